The van der Waals surface area contributed by atoms with E-state index < -0.39 is 11.5 Å². The van der Waals surface area contributed by atoms with E-state index in [-0.39, 0.29) is 47.1 Å². The first-order chi connectivity index (χ1) is 21.1. The van der Waals surface area contributed by atoms with Crippen LogP contribution in [0.2, 0.25) is 0 Å². The molecule has 0 aliphatic carbocycles. The Kier molecular flexibility index (Phi) is 14.5. The average Bonchev–Trinajstić information content (AvgIpc) is 3.70. The van der Waals surface area contributed by atoms with Gasteiger partial charge >= 0.3 is 0 Å². The third-order valence-electron chi connectivity index (χ3n) is 9.71. The van der Waals surface area contributed by atoms with Gasteiger partial charge in [0, 0.05) is 44.1 Å². The van der Waals surface area contributed by atoms with E-state index in [4.69, 9.17) is 4.79 Å². The maximum Gasteiger partial charge on any atom is 0.292 e. The first-order valence-corrected chi connectivity index (χ1v) is 16.7. The second-order valence-electron chi connectivity index (χ2n) is 14.6. The molecule has 1 aromatic rings. The third kappa shape index (κ3) is 10.0. The number of nitrogens with zero attached hydrogens (tertiary/aromatic N) is 3. The molecular formula is C36H60N4O5. The lowest BCUT2D eigenvalue weighted by molar-refractivity contribution is -0.143. The Bertz CT molecular complexity index is 1090. The van der Waals surface area contributed by atoms with Crippen molar-refractivity contribution < 1.29 is 23.9 Å². The van der Waals surface area contributed by atoms with Crippen molar-refractivity contribution in [3.8, 4) is 0 Å². The summed E-state index contributed by atoms with van der Waals surface area (Å²) >= 11 is 0. The zero-order valence-corrected chi connectivity index (χ0v) is 29.6. The number of likely N-dealkylation sites (tertiary alicyclic amines) is 2. The van der Waals surface area contributed by atoms with Gasteiger partial charge in [-0.3, -0.25) is 24.1 Å². The number of amides is 3. The van der Waals surface area contributed by atoms with E-state index in [0.29, 0.717) is 19.4 Å². The van der Waals surface area contributed by atoms with Crippen LogP contribution in [0.25, 0.3) is 0 Å². The predicted octanol–water partition coefficient (Wildman–Crippen LogP) is 4.88. The van der Waals surface area contributed by atoms with Crippen LogP contribution in [0.3, 0.4) is 0 Å². The van der Waals surface area contributed by atoms with Crippen LogP contribution in [0.4, 0.5) is 0 Å². The Morgan fingerprint density at radius 2 is 1.60 bits per heavy atom. The molecule has 3 amide bonds. The van der Waals surface area contributed by atoms with Crippen molar-refractivity contribution in [1.29, 1.82) is 0 Å². The Morgan fingerprint density at radius 1 is 1.02 bits per heavy atom. The maximum absolute atomic E-state index is 14.2. The quantitative estimate of drug-likeness (QED) is 0.332. The second-order valence-corrected chi connectivity index (χ2v) is 14.6. The third-order valence-corrected chi connectivity index (χ3v) is 9.71. The van der Waals surface area contributed by atoms with Gasteiger partial charge in [-0.15, -0.1) is 0 Å². The van der Waals surface area contributed by atoms with Crippen molar-refractivity contribution in [1.82, 2.24) is 20.0 Å². The SMILES string of the molecule is CCC(C(=O)N[C@H](C(=O)N(C)[C@H](CN1CCC[C@H]1C(=O)N1CCCC1)C(C)C)C(C)(C)C)C(C)(C)c1ccccc1.COC=O. The minimum Gasteiger partial charge on any atom is -0.471 e. The molecule has 45 heavy (non-hydrogen) atoms. The zero-order valence-electron chi connectivity index (χ0n) is 29.6. The molecule has 0 bridgehead atoms. The molecule has 0 radical (unpaired) electrons. The highest BCUT2D eigenvalue weighted by molar-refractivity contribution is 5.90. The fourth-order valence-electron chi connectivity index (χ4n) is 6.84. The van der Waals surface area contributed by atoms with Gasteiger partial charge < -0.3 is 19.9 Å². The highest BCUT2D eigenvalue weighted by Gasteiger charge is 2.43. The van der Waals surface area contributed by atoms with E-state index in [1.165, 1.54) is 7.11 Å². The van der Waals surface area contributed by atoms with E-state index in [2.05, 4.69) is 54.8 Å². The van der Waals surface area contributed by atoms with Crippen LogP contribution in [0.1, 0.15) is 93.1 Å². The Labute approximate surface area is 272 Å². The van der Waals surface area contributed by atoms with E-state index >= 15 is 0 Å². The van der Waals surface area contributed by atoms with Gasteiger partial charge in [0.15, 0.2) is 0 Å². The van der Waals surface area contributed by atoms with Crippen molar-refractivity contribution in [2.45, 2.75) is 111 Å². The smallest absolute Gasteiger partial charge is 0.292 e. The molecule has 4 atom stereocenters. The van der Waals surface area contributed by atoms with Crippen molar-refractivity contribution in [2.75, 3.05) is 40.3 Å². The fraction of sp³-hybridized carbons (Fsp3) is 0.722. The largest absolute Gasteiger partial charge is 0.471 e. The number of hydrogen-bond donors (Lipinski definition) is 1. The van der Waals surface area contributed by atoms with E-state index in [1.807, 2.05) is 62.7 Å². The molecule has 2 aliphatic heterocycles. The number of methoxy groups -OCH3 is 1. The van der Waals surface area contributed by atoms with Crippen molar-refractivity contribution in [3.05, 3.63) is 35.9 Å². The molecule has 1 unspecified atom stereocenters. The van der Waals surface area contributed by atoms with Gasteiger partial charge in [-0.2, -0.15) is 0 Å². The second kappa shape index (κ2) is 17.1. The summed E-state index contributed by atoms with van der Waals surface area (Å²) in [6.45, 7) is 20.2. The standard InChI is InChI=1S/C34H56N4O3.C2H4O2/c1-10-26(34(7,8)25-17-12-11-13-18-25)30(39)35-29(33(4,5)6)32(41)36(9)28(24(2)3)23-38-22-16-19-27(38)31(40)37-20-14-15-21-37;1-4-2-3/h11-13,17-18,24,26-29H,10,14-16,19-23H2,1-9H3,(H,35,39);2H,1H3/t26?,27-,28+,29+;/m0./s1. The number of likely N-dealkylation sites (N-methyl/N-ethyl adjacent to an activating group) is 1. The molecule has 0 saturated carbocycles. The monoisotopic (exact) mass is 628 g/mol. The summed E-state index contributed by atoms with van der Waals surface area (Å²) in [5.74, 6) is 0.0148. The number of nitrogens with one attached hydrogen (secondary N) is 1. The van der Waals surface area contributed by atoms with Crippen LogP contribution in [-0.4, -0.2) is 97.4 Å². The van der Waals surface area contributed by atoms with Gasteiger partial charge in [0.05, 0.1) is 13.2 Å². The Balaban J connectivity index is 0.00000166. The van der Waals surface area contributed by atoms with Gasteiger partial charge in [0.1, 0.15) is 6.04 Å². The topological polar surface area (TPSA) is 99.3 Å². The number of rotatable bonds is 12. The maximum atomic E-state index is 14.2. The molecule has 1 aromatic carbocycles. The van der Waals surface area contributed by atoms with Gasteiger partial charge in [0.25, 0.3) is 6.47 Å². The summed E-state index contributed by atoms with van der Waals surface area (Å²) in [5.41, 5.74) is 0.255. The number of hydrogen-bond acceptors (Lipinski definition) is 6. The zero-order chi connectivity index (χ0) is 33.9. The summed E-state index contributed by atoms with van der Waals surface area (Å²) < 4.78 is 3.86. The normalized spacial score (nSPS) is 19.3. The van der Waals surface area contributed by atoms with Crippen molar-refractivity contribution in [3.63, 3.8) is 0 Å². The Morgan fingerprint density at radius 3 is 2.09 bits per heavy atom. The summed E-state index contributed by atoms with van der Waals surface area (Å²) in [5, 5.41) is 3.21. The molecule has 2 fully saturated rings. The molecule has 2 saturated heterocycles. The summed E-state index contributed by atoms with van der Waals surface area (Å²) in [6.07, 6.45) is 4.74. The number of benzene rings is 1. The Hall–Kier alpha value is -2.94. The lowest BCUT2D eigenvalue weighted by Crippen LogP contribution is -2.60. The van der Waals surface area contributed by atoms with Gasteiger partial charge in [-0.05, 0) is 55.5 Å². The molecular weight excluding hydrogens is 568 g/mol. The van der Waals surface area contributed by atoms with Crippen LogP contribution in [-0.2, 0) is 29.3 Å². The van der Waals surface area contributed by atoms with E-state index in [9.17, 15) is 14.4 Å². The van der Waals surface area contributed by atoms with Gasteiger partial charge in [-0.25, -0.2) is 0 Å². The molecule has 0 aromatic heterocycles. The molecule has 1 N–H and O–H groups in total. The number of ether oxygens (including phenoxy) is 1. The number of carbonyl (C=O) groups excluding carboxylic acids is 4. The highest BCUT2D eigenvalue weighted by atomic mass is 16.5. The molecule has 2 aliphatic rings. The van der Waals surface area contributed by atoms with Gasteiger partial charge in [-0.1, -0.05) is 85.7 Å². The molecule has 3 rings (SSSR count). The lowest BCUT2D eigenvalue weighted by atomic mass is 9.71. The minimum absolute atomic E-state index is 0.0704. The summed E-state index contributed by atoms with van der Waals surface area (Å²) in [7, 11) is 3.18. The van der Waals surface area contributed by atoms with E-state index in [1.54, 1.807) is 0 Å². The first kappa shape index (κ1) is 38.2. The molecule has 9 nitrogen and oxygen atoms in total. The van der Waals surface area contributed by atoms with Crippen LogP contribution in [0, 0.1) is 17.3 Å². The molecule has 0 spiro atoms. The predicted molar refractivity (Wildman–Crippen MR) is 180 cm³/mol. The molecule has 254 valence electrons. The summed E-state index contributed by atoms with van der Waals surface area (Å²) in [6, 6.07) is 9.32. The lowest BCUT2D eigenvalue weighted by Gasteiger charge is -2.41. The van der Waals surface area contributed by atoms with Crippen molar-refractivity contribution in [2.24, 2.45) is 17.3 Å². The molecule has 2 heterocycles. The summed E-state index contributed by atoms with van der Waals surface area (Å²) in [4.78, 5) is 56.5. The number of carbonyl (C=O) groups is 4. The fourth-order valence-corrected chi connectivity index (χ4v) is 6.84. The highest BCUT2D eigenvalue weighted by Crippen LogP contribution is 2.35. The van der Waals surface area contributed by atoms with Crippen LogP contribution >= 0.6 is 0 Å². The van der Waals surface area contributed by atoms with E-state index in [0.717, 1.165) is 50.9 Å². The first-order valence-electron chi connectivity index (χ1n) is 16.7. The average molecular weight is 629 g/mol. The van der Waals surface area contributed by atoms with Crippen molar-refractivity contribution >= 4 is 24.2 Å². The van der Waals surface area contributed by atoms with Crippen LogP contribution in [0.15, 0.2) is 30.3 Å². The van der Waals surface area contributed by atoms with Crippen LogP contribution < -0.4 is 5.32 Å². The minimum atomic E-state index is -0.664. The van der Waals surface area contributed by atoms with Gasteiger partial charge in [0.2, 0.25) is 17.7 Å². The molecule has 9 heteroatoms. The van der Waals surface area contributed by atoms with Crippen LogP contribution in [0.5, 0.6) is 0 Å².